The number of hydrogen-bond acceptors (Lipinski definition) is 1. The molecule has 0 radical (unpaired) electrons. The van der Waals surface area contributed by atoms with Gasteiger partial charge in [-0.25, -0.2) is 0 Å². The molecule has 1 nitrogen and oxygen atoms in total. The van der Waals surface area contributed by atoms with Gasteiger partial charge in [0.15, 0.2) is 0 Å². The summed E-state index contributed by atoms with van der Waals surface area (Å²) in [5, 5.41) is 3.32. The third kappa shape index (κ3) is 2.75. The molecular weight excluding hydrogens is 275 g/mol. The molecule has 1 N–H and O–H groups in total. The van der Waals surface area contributed by atoms with E-state index in [1.165, 1.54) is 12.1 Å². The van der Waals surface area contributed by atoms with Gasteiger partial charge < -0.3 is 5.32 Å². The van der Waals surface area contributed by atoms with E-state index in [2.05, 4.69) is 5.32 Å². The van der Waals surface area contributed by atoms with Gasteiger partial charge in [-0.1, -0.05) is 18.2 Å². The molecule has 1 unspecified atom stereocenters. The van der Waals surface area contributed by atoms with E-state index in [0.717, 1.165) is 25.9 Å². The first kappa shape index (κ1) is 14.7. The van der Waals surface area contributed by atoms with Gasteiger partial charge in [-0.3, -0.25) is 0 Å². The Balaban J connectivity index is 0.00000133. The minimum Gasteiger partial charge on any atom is -0.316 e. The Morgan fingerprint density at radius 3 is 2.16 bits per heavy atom. The summed E-state index contributed by atoms with van der Waals surface area (Å²) >= 11 is 0. The van der Waals surface area contributed by atoms with Crippen molar-refractivity contribution in [2.75, 3.05) is 13.1 Å². The largest absolute Gasteiger partial charge is 0.416 e. The van der Waals surface area contributed by atoms with Crippen LogP contribution < -0.4 is 5.32 Å². The van der Waals surface area contributed by atoms with Crippen molar-refractivity contribution in [2.45, 2.75) is 24.9 Å². The van der Waals surface area contributed by atoms with Crippen LogP contribution in [-0.2, 0) is 6.18 Å². The summed E-state index contributed by atoms with van der Waals surface area (Å²) in [6, 6.07) is 6.06. The lowest BCUT2D eigenvalue weighted by atomic mass is 9.91. The standard InChI is InChI=1S/C14H16F3N.ClH/c15-14(16,17)13-4-2-1-3-12(13)9-5-10-7-18-8-11(10)6-9;/h1-4,9-11,18H,5-8H2;1H/t9?,10-,11+;. The molecule has 1 aliphatic heterocycles. The number of rotatable bonds is 1. The Kier molecular flexibility index (Phi) is 4.11. The van der Waals surface area contributed by atoms with Crippen LogP contribution in [0.5, 0.6) is 0 Å². The second-order valence-corrected chi connectivity index (χ2v) is 5.43. The highest BCUT2D eigenvalue weighted by Crippen LogP contribution is 2.47. The summed E-state index contributed by atoms with van der Waals surface area (Å²) in [5.41, 5.74) is 0.0577. The molecule has 1 aromatic carbocycles. The van der Waals surface area contributed by atoms with Crippen LogP contribution in [0.3, 0.4) is 0 Å². The van der Waals surface area contributed by atoms with E-state index in [0.29, 0.717) is 17.4 Å². The van der Waals surface area contributed by atoms with Crippen LogP contribution in [0.1, 0.15) is 29.9 Å². The molecule has 1 aliphatic carbocycles. The second kappa shape index (κ2) is 5.33. The zero-order valence-electron chi connectivity index (χ0n) is 10.4. The Bertz CT molecular complexity index is 435. The summed E-state index contributed by atoms with van der Waals surface area (Å²) < 4.78 is 38.9. The summed E-state index contributed by atoms with van der Waals surface area (Å²) in [7, 11) is 0. The molecule has 3 rings (SSSR count). The number of nitrogens with one attached hydrogen (secondary N) is 1. The van der Waals surface area contributed by atoms with Gasteiger partial charge in [0.05, 0.1) is 5.56 Å². The molecule has 0 bridgehead atoms. The predicted molar refractivity (Wildman–Crippen MR) is 70.5 cm³/mol. The van der Waals surface area contributed by atoms with E-state index in [1.807, 2.05) is 0 Å². The molecule has 0 aromatic heterocycles. The number of benzene rings is 1. The molecule has 1 saturated heterocycles. The number of hydrogen-bond donors (Lipinski definition) is 1. The van der Waals surface area contributed by atoms with Crippen LogP contribution in [0.25, 0.3) is 0 Å². The van der Waals surface area contributed by atoms with Gasteiger partial charge in [0.1, 0.15) is 0 Å². The topological polar surface area (TPSA) is 12.0 Å². The lowest BCUT2D eigenvalue weighted by Gasteiger charge is -2.18. The van der Waals surface area contributed by atoms with Gasteiger partial charge in [0, 0.05) is 0 Å². The minimum atomic E-state index is -4.23. The van der Waals surface area contributed by atoms with Gasteiger partial charge in [-0.15, -0.1) is 12.4 Å². The molecule has 3 atom stereocenters. The molecule has 1 saturated carbocycles. The summed E-state index contributed by atoms with van der Waals surface area (Å²) in [4.78, 5) is 0. The molecule has 19 heavy (non-hydrogen) atoms. The molecule has 1 heterocycles. The second-order valence-electron chi connectivity index (χ2n) is 5.43. The normalized spacial score (nSPS) is 29.9. The first-order chi connectivity index (χ1) is 8.55. The summed E-state index contributed by atoms with van der Waals surface area (Å²) in [6.45, 7) is 1.94. The number of halogens is 4. The van der Waals surface area contributed by atoms with Crippen molar-refractivity contribution < 1.29 is 13.2 Å². The van der Waals surface area contributed by atoms with Crippen molar-refractivity contribution in [3.63, 3.8) is 0 Å². The fourth-order valence-electron chi connectivity index (χ4n) is 3.53. The highest BCUT2D eigenvalue weighted by atomic mass is 35.5. The average molecular weight is 292 g/mol. The van der Waals surface area contributed by atoms with Crippen molar-refractivity contribution in [3.8, 4) is 0 Å². The lowest BCUT2D eigenvalue weighted by Crippen LogP contribution is -2.14. The molecule has 2 fully saturated rings. The van der Waals surface area contributed by atoms with Crippen LogP contribution >= 0.6 is 12.4 Å². The van der Waals surface area contributed by atoms with Crippen molar-refractivity contribution in [2.24, 2.45) is 11.8 Å². The molecule has 106 valence electrons. The first-order valence-corrected chi connectivity index (χ1v) is 6.42. The molecule has 1 aromatic rings. The predicted octanol–water partition coefficient (Wildman–Crippen LogP) is 3.84. The third-order valence-corrected chi connectivity index (χ3v) is 4.36. The van der Waals surface area contributed by atoms with Gasteiger partial charge in [-0.05, 0) is 55.3 Å². The minimum absolute atomic E-state index is 0. The number of fused-ring (bicyclic) bond motifs is 1. The molecule has 5 heteroatoms. The van der Waals surface area contributed by atoms with Crippen molar-refractivity contribution in [3.05, 3.63) is 35.4 Å². The Morgan fingerprint density at radius 1 is 1.00 bits per heavy atom. The number of alkyl halides is 3. The van der Waals surface area contributed by atoms with Crippen molar-refractivity contribution >= 4 is 12.4 Å². The van der Waals surface area contributed by atoms with Gasteiger partial charge in [0.25, 0.3) is 0 Å². The van der Waals surface area contributed by atoms with Gasteiger partial charge >= 0.3 is 6.18 Å². The third-order valence-electron chi connectivity index (χ3n) is 4.36. The van der Waals surface area contributed by atoms with Crippen LogP contribution in [0.2, 0.25) is 0 Å². The maximum absolute atomic E-state index is 13.0. The molecule has 0 amide bonds. The van der Waals surface area contributed by atoms with E-state index < -0.39 is 11.7 Å². The van der Waals surface area contributed by atoms with E-state index in [-0.39, 0.29) is 18.3 Å². The SMILES string of the molecule is Cl.FC(F)(F)c1ccccc1C1C[C@H]2CNC[C@H]2C1. The Labute approximate surface area is 117 Å². The van der Waals surface area contributed by atoms with Gasteiger partial charge in [0.2, 0.25) is 0 Å². The molecular formula is C14H17ClF3N. The average Bonchev–Trinajstić information content (AvgIpc) is 2.87. The Hall–Kier alpha value is -0.740. The van der Waals surface area contributed by atoms with E-state index in [1.54, 1.807) is 12.1 Å². The monoisotopic (exact) mass is 291 g/mol. The fraction of sp³-hybridized carbons (Fsp3) is 0.571. The quantitative estimate of drug-likeness (QED) is 0.829. The smallest absolute Gasteiger partial charge is 0.316 e. The molecule has 2 aliphatic rings. The highest BCUT2D eigenvalue weighted by Gasteiger charge is 2.41. The highest BCUT2D eigenvalue weighted by molar-refractivity contribution is 5.85. The van der Waals surface area contributed by atoms with E-state index >= 15 is 0 Å². The zero-order chi connectivity index (χ0) is 12.8. The van der Waals surface area contributed by atoms with E-state index in [4.69, 9.17) is 0 Å². The summed E-state index contributed by atoms with van der Waals surface area (Å²) in [5.74, 6) is 1.22. The van der Waals surface area contributed by atoms with Crippen LogP contribution in [0, 0.1) is 11.8 Å². The zero-order valence-corrected chi connectivity index (χ0v) is 11.2. The first-order valence-electron chi connectivity index (χ1n) is 6.42. The lowest BCUT2D eigenvalue weighted by molar-refractivity contribution is -0.138. The maximum atomic E-state index is 13.0. The van der Waals surface area contributed by atoms with Crippen LogP contribution in [0.15, 0.2) is 24.3 Å². The maximum Gasteiger partial charge on any atom is 0.416 e. The fourth-order valence-corrected chi connectivity index (χ4v) is 3.53. The summed E-state index contributed by atoms with van der Waals surface area (Å²) in [6.07, 6.45) is -2.44. The van der Waals surface area contributed by atoms with Crippen molar-refractivity contribution in [1.29, 1.82) is 0 Å². The Morgan fingerprint density at radius 2 is 1.58 bits per heavy atom. The van der Waals surface area contributed by atoms with Crippen LogP contribution in [-0.4, -0.2) is 13.1 Å². The van der Waals surface area contributed by atoms with E-state index in [9.17, 15) is 13.2 Å². The van der Waals surface area contributed by atoms with Crippen LogP contribution in [0.4, 0.5) is 13.2 Å². The van der Waals surface area contributed by atoms with Gasteiger partial charge in [-0.2, -0.15) is 13.2 Å². The van der Waals surface area contributed by atoms with Crippen molar-refractivity contribution in [1.82, 2.24) is 5.32 Å². The molecule has 0 spiro atoms.